The van der Waals surface area contributed by atoms with Gasteiger partial charge in [0.15, 0.2) is 0 Å². The van der Waals surface area contributed by atoms with Gasteiger partial charge in [-0.25, -0.2) is 4.79 Å². The monoisotopic (exact) mass is 287 g/mol. The molecule has 2 amide bonds. The largest absolute Gasteiger partial charge is 0.480 e. The second-order valence-electron chi connectivity index (χ2n) is 5.05. The number of carbonyl (C=O) groups is 2. The molecule has 1 heterocycles. The minimum atomic E-state index is -0.828. The Morgan fingerprint density at radius 2 is 1.95 bits per heavy atom. The molecule has 0 aromatic rings. The van der Waals surface area contributed by atoms with Gasteiger partial charge in [0.1, 0.15) is 0 Å². The number of amides is 2. The smallest absolute Gasteiger partial charge is 0.317 e. The quantitative estimate of drug-likeness (QED) is 0.699. The Balaban J connectivity index is 2.35. The highest BCUT2D eigenvalue weighted by atomic mass is 16.5. The van der Waals surface area contributed by atoms with Gasteiger partial charge >= 0.3 is 12.0 Å². The number of piperazine rings is 1. The second-order valence-corrected chi connectivity index (χ2v) is 5.05. The zero-order valence-corrected chi connectivity index (χ0v) is 12.3. The number of urea groups is 1. The van der Waals surface area contributed by atoms with E-state index in [0.29, 0.717) is 32.8 Å². The van der Waals surface area contributed by atoms with Crippen molar-refractivity contribution in [3.63, 3.8) is 0 Å². The molecule has 0 aliphatic carbocycles. The van der Waals surface area contributed by atoms with E-state index in [1.165, 1.54) is 0 Å². The third-order valence-electron chi connectivity index (χ3n) is 3.35. The van der Waals surface area contributed by atoms with Crippen molar-refractivity contribution in [1.29, 1.82) is 0 Å². The molecule has 0 spiro atoms. The number of rotatable bonds is 7. The summed E-state index contributed by atoms with van der Waals surface area (Å²) in [5, 5.41) is 11.7. The molecule has 0 aromatic carbocycles. The fraction of sp³-hybridized carbons (Fsp3) is 0.846. The van der Waals surface area contributed by atoms with Crippen LogP contribution in [0.4, 0.5) is 4.79 Å². The van der Waals surface area contributed by atoms with Crippen molar-refractivity contribution in [3.05, 3.63) is 0 Å². The SMILES string of the molecule is CCCC(COC)NC(=O)N1CCN(CC(=O)O)CC1. The van der Waals surface area contributed by atoms with Gasteiger partial charge in [-0.2, -0.15) is 0 Å². The van der Waals surface area contributed by atoms with Crippen molar-refractivity contribution >= 4 is 12.0 Å². The topological polar surface area (TPSA) is 82.1 Å². The first-order valence-electron chi connectivity index (χ1n) is 7.05. The van der Waals surface area contributed by atoms with Gasteiger partial charge in [0.05, 0.1) is 19.2 Å². The lowest BCUT2D eigenvalue weighted by Crippen LogP contribution is -2.54. The van der Waals surface area contributed by atoms with Crippen LogP contribution >= 0.6 is 0 Å². The van der Waals surface area contributed by atoms with E-state index in [0.717, 1.165) is 12.8 Å². The normalized spacial score (nSPS) is 17.8. The average molecular weight is 287 g/mol. The molecule has 116 valence electrons. The molecule has 0 aromatic heterocycles. The lowest BCUT2D eigenvalue weighted by molar-refractivity contribution is -0.138. The molecule has 20 heavy (non-hydrogen) atoms. The van der Waals surface area contributed by atoms with Crippen LogP contribution in [-0.2, 0) is 9.53 Å². The Kier molecular flexibility index (Phi) is 7.32. The van der Waals surface area contributed by atoms with Crippen LogP contribution in [-0.4, -0.2) is 79.4 Å². The summed E-state index contributed by atoms with van der Waals surface area (Å²) in [5.74, 6) is -0.828. The number of carboxylic acid groups (broad SMARTS) is 1. The van der Waals surface area contributed by atoms with Crippen molar-refractivity contribution in [2.45, 2.75) is 25.8 Å². The van der Waals surface area contributed by atoms with Gasteiger partial charge in [-0.1, -0.05) is 13.3 Å². The number of aliphatic carboxylic acids is 1. The minimum absolute atomic E-state index is 0.0366. The van der Waals surface area contributed by atoms with Crippen LogP contribution in [0.5, 0.6) is 0 Å². The zero-order valence-electron chi connectivity index (χ0n) is 12.3. The lowest BCUT2D eigenvalue weighted by Gasteiger charge is -2.34. The van der Waals surface area contributed by atoms with Crippen LogP contribution in [0.2, 0.25) is 0 Å². The zero-order chi connectivity index (χ0) is 15.0. The number of nitrogens with one attached hydrogen (secondary N) is 1. The minimum Gasteiger partial charge on any atom is -0.480 e. The van der Waals surface area contributed by atoms with E-state index < -0.39 is 5.97 Å². The van der Waals surface area contributed by atoms with Crippen LogP contribution in [0.3, 0.4) is 0 Å². The molecule has 0 saturated carbocycles. The van der Waals surface area contributed by atoms with Crippen molar-refractivity contribution in [2.75, 3.05) is 46.4 Å². The summed E-state index contributed by atoms with van der Waals surface area (Å²) in [6.45, 7) is 4.94. The van der Waals surface area contributed by atoms with Crippen molar-refractivity contribution in [2.24, 2.45) is 0 Å². The Morgan fingerprint density at radius 3 is 2.45 bits per heavy atom. The number of hydrogen-bond donors (Lipinski definition) is 2. The van der Waals surface area contributed by atoms with E-state index in [1.54, 1.807) is 12.0 Å². The molecule has 1 saturated heterocycles. The summed E-state index contributed by atoms with van der Waals surface area (Å²) in [4.78, 5) is 26.3. The Morgan fingerprint density at radius 1 is 1.30 bits per heavy atom. The van der Waals surface area contributed by atoms with Gasteiger partial charge in [-0.3, -0.25) is 9.69 Å². The summed E-state index contributed by atoms with van der Waals surface area (Å²) in [6, 6.07) is -0.0509. The molecular weight excluding hydrogens is 262 g/mol. The van der Waals surface area contributed by atoms with Crippen molar-refractivity contribution in [3.8, 4) is 0 Å². The van der Waals surface area contributed by atoms with E-state index in [9.17, 15) is 9.59 Å². The second kappa shape index (κ2) is 8.76. The molecule has 7 nitrogen and oxygen atoms in total. The highest BCUT2D eigenvalue weighted by Crippen LogP contribution is 2.04. The molecule has 1 atom stereocenters. The summed E-state index contributed by atoms with van der Waals surface area (Å²) in [5.41, 5.74) is 0. The Bertz CT molecular complexity index is 311. The number of carbonyl (C=O) groups excluding carboxylic acids is 1. The number of carboxylic acids is 1. The molecule has 1 rings (SSSR count). The Hall–Kier alpha value is -1.34. The van der Waals surface area contributed by atoms with E-state index in [4.69, 9.17) is 9.84 Å². The molecule has 1 fully saturated rings. The highest BCUT2D eigenvalue weighted by Gasteiger charge is 2.23. The molecule has 2 N–H and O–H groups in total. The molecule has 0 radical (unpaired) electrons. The summed E-state index contributed by atoms with van der Waals surface area (Å²) in [7, 11) is 1.62. The van der Waals surface area contributed by atoms with Gasteiger partial charge in [0.25, 0.3) is 0 Å². The van der Waals surface area contributed by atoms with Gasteiger partial charge in [0, 0.05) is 33.3 Å². The predicted octanol–water partition coefficient (Wildman–Crippen LogP) is 0.213. The fourth-order valence-electron chi connectivity index (χ4n) is 2.31. The van der Waals surface area contributed by atoms with Crippen LogP contribution in [0.25, 0.3) is 0 Å². The number of ether oxygens (including phenoxy) is 1. The lowest BCUT2D eigenvalue weighted by atomic mass is 10.2. The first-order chi connectivity index (χ1) is 9.56. The summed E-state index contributed by atoms with van der Waals surface area (Å²) >= 11 is 0. The van der Waals surface area contributed by atoms with Gasteiger partial charge in [-0.05, 0) is 6.42 Å². The Labute approximate surface area is 119 Å². The maximum atomic E-state index is 12.1. The molecule has 1 aliphatic rings. The third-order valence-corrected chi connectivity index (χ3v) is 3.35. The van der Waals surface area contributed by atoms with Crippen LogP contribution < -0.4 is 5.32 Å². The summed E-state index contributed by atoms with van der Waals surface area (Å²) in [6.07, 6.45) is 1.87. The van der Waals surface area contributed by atoms with Crippen molar-refractivity contribution < 1.29 is 19.4 Å². The van der Waals surface area contributed by atoms with Gasteiger partial charge in [0.2, 0.25) is 0 Å². The van der Waals surface area contributed by atoms with Crippen LogP contribution in [0.15, 0.2) is 0 Å². The first kappa shape index (κ1) is 16.7. The predicted molar refractivity (Wildman–Crippen MR) is 74.8 cm³/mol. The number of nitrogens with zero attached hydrogens (tertiary/aromatic N) is 2. The van der Waals surface area contributed by atoms with E-state index in [1.807, 2.05) is 4.90 Å². The van der Waals surface area contributed by atoms with Gasteiger partial charge in [-0.15, -0.1) is 0 Å². The average Bonchev–Trinajstić information content (AvgIpc) is 2.39. The van der Waals surface area contributed by atoms with E-state index in [2.05, 4.69) is 12.2 Å². The van der Waals surface area contributed by atoms with Crippen LogP contribution in [0, 0.1) is 0 Å². The van der Waals surface area contributed by atoms with Crippen molar-refractivity contribution in [1.82, 2.24) is 15.1 Å². The number of hydrogen-bond acceptors (Lipinski definition) is 4. The van der Waals surface area contributed by atoms with Crippen LogP contribution in [0.1, 0.15) is 19.8 Å². The molecule has 0 bridgehead atoms. The maximum Gasteiger partial charge on any atom is 0.317 e. The first-order valence-corrected chi connectivity index (χ1v) is 7.05. The standard InChI is InChI=1S/C13H25N3O4/c1-3-4-11(10-20-2)14-13(19)16-7-5-15(6-8-16)9-12(17)18/h11H,3-10H2,1-2H3,(H,14,19)(H,17,18). The van der Waals surface area contributed by atoms with E-state index in [-0.39, 0.29) is 18.6 Å². The fourth-order valence-corrected chi connectivity index (χ4v) is 2.31. The molecule has 1 aliphatic heterocycles. The van der Waals surface area contributed by atoms with Gasteiger partial charge < -0.3 is 20.1 Å². The summed E-state index contributed by atoms with van der Waals surface area (Å²) < 4.78 is 5.10. The maximum absolute atomic E-state index is 12.1. The highest BCUT2D eigenvalue weighted by molar-refractivity contribution is 5.74. The third kappa shape index (κ3) is 5.75. The molecule has 7 heteroatoms. The number of methoxy groups -OCH3 is 1. The molecular formula is C13H25N3O4. The van der Waals surface area contributed by atoms with E-state index >= 15 is 0 Å². The molecule has 1 unspecified atom stereocenters.